The van der Waals surface area contributed by atoms with Crippen molar-refractivity contribution in [1.82, 2.24) is 0 Å². The second-order valence-electron chi connectivity index (χ2n) is 6.06. The number of benzene rings is 2. The van der Waals surface area contributed by atoms with E-state index in [9.17, 15) is 4.79 Å². The fourth-order valence-electron chi connectivity index (χ4n) is 2.95. The molecule has 1 saturated heterocycles. The summed E-state index contributed by atoms with van der Waals surface area (Å²) in [6.07, 6.45) is 1.19. The number of rotatable bonds is 7. The number of cyclic esters (lactones) is 1. The Morgan fingerprint density at radius 2 is 1.72 bits per heavy atom. The first-order valence-corrected chi connectivity index (χ1v) is 8.27. The normalized spacial score (nSPS) is 16.4. The Hall–Kier alpha value is -2.69. The highest BCUT2D eigenvalue weighted by atomic mass is 16.5. The molecule has 0 bridgehead atoms. The summed E-state index contributed by atoms with van der Waals surface area (Å²) < 4.78 is 22.0. The van der Waals surface area contributed by atoms with E-state index in [2.05, 4.69) is 0 Å². The third kappa shape index (κ3) is 4.24. The van der Waals surface area contributed by atoms with Crippen LogP contribution in [0.5, 0.6) is 17.2 Å². The molecule has 0 N–H and O–H groups in total. The zero-order valence-corrected chi connectivity index (χ0v) is 14.5. The van der Waals surface area contributed by atoms with Crippen molar-refractivity contribution in [2.45, 2.75) is 19.4 Å². The fourth-order valence-corrected chi connectivity index (χ4v) is 2.95. The van der Waals surface area contributed by atoms with Gasteiger partial charge >= 0.3 is 5.97 Å². The molecule has 1 heterocycles. The first-order valence-electron chi connectivity index (χ1n) is 8.27. The molecular weight excluding hydrogens is 320 g/mol. The largest absolute Gasteiger partial charge is 0.493 e. The fraction of sp³-hybridized carbons (Fsp3) is 0.350. The van der Waals surface area contributed by atoms with Gasteiger partial charge in [0.2, 0.25) is 5.75 Å². The predicted molar refractivity (Wildman–Crippen MR) is 93.1 cm³/mol. The summed E-state index contributed by atoms with van der Waals surface area (Å²) >= 11 is 0. The number of ether oxygens (including phenoxy) is 4. The van der Waals surface area contributed by atoms with E-state index in [4.69, 9.17) is 18.9 Å². The van der Waals surface area contributed by atoms with Crippen molar-refractivity contribution in [2.24, 2.45) is 5.92 Å². The monoisotopic (exact) mass is 342 g/mol. The van der Waals surface area contributed by atoms with E-state index in [0.29, 0.717) is 36.9 Å². The summed E-state index contributed by atoms with van der Waals surface area (Å²) in [7, 11) is 3.21. The molecule has 5 heteroatoms. The molecule has 1 aliphatic rings. The van der Waals surface area contributed by atoms with Crippen LogP contribution in [0.3, 0.4) is 0 Å². The summed E-state index contributed by atoms with van der Waals surface area (Å²) in [5.74, 6) is 1.88. The van der Waals surface area contributed by atoms with Crippen LogP contribution < -0.4 is 14.2 Å². The quantitative estimate of drug-likeness (QED) is 0.722. The number of esters is 1. The maximum Gasteiger partial charge on any atom is 0.306 e. The van der Waals surface area contributed by atoms with E-state index in [1.807, 2.05) is 42.5 Å². The Morgan fingerprint density at radius 3 is 2.28 bits per heavy atom. The second kappa shape index (κ2) is 7.92. The molecule has 25 heavy (non-hydrogen) atoms. The Morgan fingerprint density at radius 1 is 1.04 bits per heavy atom. The van der Waals surface area contributed by atoms with Crippen LogP contribution in [-0.4, -0.2) is 26.8 Å². The third-order valence-electron chi connectivity index (χ3n) is 4.21. The van der Waals surface area contributed by atoms with E-state index in [1.165, 1.54) is 0 Å². The maximum atomic E-state index is 11.3. The van der Waals surface area contributed by atoms with Gasteiger partial charge in [-0.15, -0.1) is 0 Å². The number of methoxy groups -OCH3 is 2. The molecule has 0 radical (unpaired) electrons. The minimum absolute atomic E-state index is 0.133. The lowest BCUT2D eigenvalue weighted by Gasteiger charge is -2.17. The van der Waals surface area contributed by atoms with Crippen molar-refractivity contribution in [3.05, 3.63) is 53.6 Å². The van der Waals surface area contributed by atoms with Crippen molar-refractivity contribution >= 4 is 5.97 Å². The zero-order valence-electron chi connectivity index (χ0n) is 14.5. The van der Waals surface area contributed by atoms with Crippen molar-refractivity contribution in [2.75, 3.05) is 20.8 Å². The number of carbonyl (C=O) groups excluding carboxylic acids is 1. The van der Waals surface area contributed by atoms with E-state index in [1.54, 1.807) is 14.2 Å². The molecular formula is C20H22O5. The standard InChI is InChI=1S/C20H22O5/c1-22-17-9-15(8-16-11-19(21)24-13-16)10-18(23-2)20(17)25-12-14-6-4-3-5-7-14/h3-7,9-10,16H,8,11-13H2,1-2H3. The summed E-state index contributed by atoms with van der Waals surface area (Å²) in [5, 5.41) is 0. The van der Waals surface area contributed by atoms with Gasteiger partial charge in [0.1, 0.15) is 6.61 Å². The van der Waals surface area contributed by atoms with E-state index in [0.717, 1.165) is 17.5 Å². The summed E-state index contributed by atoms with van der Waals surface area (Å²) in [6.45, 7) is 0.896. The van der Waals surface area contributed by atoms with Crippen LogP contribution >= 0.6 is 0 Å². The van der Waals surface area contributed by atoms with Gasteiger partial charge in [-0.2, -0.15) is 0 Å². The first kappa shape index (κ1) is 17.1. The third-order valence-corrected chi connectivity index (χ3v) is 4.21. The molecule has 3 rings (SSSR count). The van der Waals surface area contributed by atoms with Crippen molar-refractivity contribution in [3.63, 3.8) is 0 Å². The lowest BCUT2D eigenvalue weighted by atomic mass is 9.98. The van der Waals surface area contributed by atoms with Gasteiger partial charge in [-0.3, -0.25) is 4.79 Å². The van der Waals surface area contributed by atoms with Gasteiger partial charge in [0.25, 0.3) is 0 Å². The molecule has 2 aromatic rings. The predicted octanol–water partition coefficient (Wildman–Crippen LogP) is 3.39. The van der Waals surface area contributed by atoms with E-state index < -0.39 is 0 Å². The van der Waals surface area contributed by atoms with Crippen LogP contribution in [0.4, 0.5) is 0 Å². The van der Waals surface area contributed by atoms with Crippen LogP contribution in [0.25, 0.3) is 0 Å². The molecule has 0 spiro atoms. The molecule has 0 amide bonds. The van der Waals surface area contributed by atoms with Gasteiger partial charge in [-0.05, 0) is 29.7 Å². The topological polar surface area (TPSA) is 54.0 Å². The summed E-state index contributed by atoms with van der Waals surface area (Å²) in [6, 6.07) is 13.8. The molecule has 2 aromatic carbocycles. The van der Waals surface area contributed by atoms with Gasteiger partial charge in [0, 0.05) is 5.92 Å². The Labute approximate surface area is 147 Å². The number of carbonyl (C=O) groups is 1. The van der Waals surface area contributed by atoms with Crippen LogP contribution in [0.15, 0.2) is 42.5 Å². The van der Waals surface area contributed by atoms with Gasteiger partial charge < -0.3 is 18.9 Å². The van der Waals surface area contributed by atoms with Crippen LogP contribution in [0, 0.1) is 5.92 Å². The van der Waals surface area contributed by atoms with Gasteiger partial charge in [0.05, 0.1) is 27.2 Å². The van der Waals surface area contributed by atoms with E-state index >= 15 is 0 Å². The molecule has 5 nitrogen and oxygen atoms in total. The highest BCUT2D eigenvalue weighted by Crippen LogP contribution is 2.40. The lowest BCUT2D eigenvalue weighted by molar-refractivity contribution is -0.137. The highest BCUT2D eigenvalue weighted by Gasteiger charge is 2.25. The van der Waals surface area contributed by atoms with Crippen molar-refractivity contribution in [3.8, 4) is 17.2 Å². The number of hydrogen-bond donors (Lipinski definition) is 0. The zero-order chi connectivity index (χ0) is 17.6. The summed E-state index contributed by atoms with van der Waals surface area (Å²) in [5.41, 5.74) is 2.10. The summed E-state index contributed by atoms with van der Waals surface area (Å²) in [4.78, 5) is 11.3. The minimum Gasteiger partial charge on any atom is -0.493 e. The van der Waals surface area contributed by atoms with E-state index in [-0.39, 0.29) is 11.9 Å². The van der Waals surface area contributed by atoms with Crippen LogP contribution in [-0.2, 0) is 22.6 Å². The average molecular weight is 342 g/mol. The maximum absolute atomic E-state index is 11.3. The van der Waals surface area contributed by atoms with Crippen LogP contribution in [0.1, 0.15) is 17.5 Å². The van der Waals surface area contributed by atoms with Crippen molar-refractivity contribution < 1.29 is 23.7 Å². The van der Waals surface area contributed by atoms with Crippen LogP contribution in [0.2, 0.25) is 0 Å². The molecule has 0 aliphatic carbocycles. The Kier molecular flexibility index (Phi) is 5.43. The second-order valence-corrected chi connectivity index (χ2v) is 6.06. The molecule has 132 valence electrons. The molecule has 1 aliphatic heterocycles. The Bertz CT molecular complexity index is 701. The lowest BCUT2D eigenvalue weighted by Crippen LogP contribution is -2.06. The molecule has 1 atom stereocenters. The molecule has 1 fully saturated rings. The Balaban J connectivity index is 1.78. The smallest absolute Gasteiger partial charge is 0.306 e. The average Bonchev–Trinajstić information content (AvgIpc) is 3.05. The van der Waals surface area contributed by atoms with Crippen molar-refractivity contribution in [1.29, 1.82) is 0 Å². The van der Waals surface area contributed by atoms with Gasteiger partial charge in [-0.25, -0.2) is 0 Å². The molecule has 0 aromatic heterocycles. The highest BCUT2D eigenvalue weighted by molar-refractivity contribution is 5.71. The van der Waals surface area contributed by atoms with Gasteiger partial charge in [0.15, 0.2) is 11.5 Å². The first-order chi connectivity index (χ1) is 12.2. The molecule has 1 unspecified atom stereocenters. The SMILES string of the molecule is COc1cc(CC2COC(=O)C2)cc(OC)c1OCc1ccccc1. The minimum atomic E-state index is -0.133. The molecule has 0 saturated carbocycles. The van der Waals surface area contributed by atoms with Gasteiger partial charge in [-0.1, -0.05) is 30.3 Å². The number of hydrogen-bond acceptors (Lipinski definition) is 5.